The SMILES string of the molecule is O=C(c1csc2nc(-c3ccccc3)cn12)N1CCCCCC1. The molecule has 0 atom stereocenters. The van der Waals surface area contributed by atoms with Crippen LogP contribution < -0.4 is 0 Å². The molecule has 0 radical (unpaired) electrons. The zero-order valence-corrected chi connectivity index (χ0v) is 13.8. The van der Waals surface area contributed by atoms with Crippen LogP contribution in [0.25, 0.3) is 16.2 Å². The first-order chi connectivity index (χ1) is 11.3. The van der Waals surface area contributed by atoms with Crippen LogP contribution in [0.15, 0.2) is 41.9 Å². The second-order valence-electron chi connectivity index (χ2n) is 5.97. The lowest BCUT2D eigenvalue weighted by molar-refractivity contribution is 0.0755. The van der Waals surface area contributed by atoms with Crippen molar-refractivity contribution in [2.45, 2.75) is 25.7 Å². The van der Waals surface area contributed by atoms with Crippen molar-refractivity contribution in [1.29, 1.82) is 0 Å². The topological polar surface area (TPSA) is 37.6 Å². The van der Waals surface area contributed by atoms with E-state index in [9.17, 15) is 4.79 Å². The van der Waals surface area contributed by atoms with E-state index in [2.05, 4.69) is 4.98 Å². The molecule has 0 aliphatic carbocycles. The highest BCUT2D eigenvalue weighted by molar-refractivity contribution is 7.15. The third-order valence-corrected chi connectivity index (χ3v) is 5.23. The van der Waals surface area contributed by atoms with Crippen molar-refractivity contribution in [3.63, 3.8) is 0 Å². The molecule has 1 aromatic carbocycles. The number of imidazole rings is 1. The Bertz CT molecular complexity index is 813. The van der Waals surface area contributed by atoms with Crippen LogP contribution >= 0.6 is 11.3 Å². The first-order valence-electron chi connectivity index (χ1n) is 8.14. The molecule has 5 heteroatoms. The average Bonchev–Trinajstić information content (AvgIpc) is 3.05. The van der Waals surface area contributed by atoms with Crippen LogP contribution in [0.2, 0.25) is 0 Å². The molecular formula is C18H19N3OS. The van der Waals surface area contributed by atoms with Crippen molar-refractivity contribution in [3.8, 4) is 11.3 Å². The van der Waals surface area contributed by atoms with E-state index in [1.807, 2.05) is 51.2 Å². The van der Waals surface area contributed by atoms with Crippen LogP contribution in [0.3, 0.4) is 0 Å². The summed E-state index contributed by atoms with van der Waals surface area (Å²) in [6, 6.07) is 10.1. The van der Waals surface area contributed by atoms with Crippen LogP contribution in [-0.4, -0.2) is 33.3 Å². The highest BCUT2D eigenvalue weighted by atomic mass is 32.1. The smallest absolute Gasteiger partial charge is 0.271 e. The van der Waals surface area contributed by atoms with Gasteiger partial charge < -0.3 is 4.90 Å². The molecule has 4 rings (SSSR count). The molecule has 0 spiro atoms. The molecule has 1 fully saturated rings. The number of carbonyl (C=O) groups is 1. The molecule has 0 unspecified atom stereocenters. The Morgan fingerprint density at radius 3 is 2.52 bits per heavy atom. The zero-order valence-electron chi connectivity index (χ0n) is 12.9. The highest BCUT2D eigenvalue weighted by Gasteiger charge is 2.21. The first-order valence-corrected chi connectivity index (χ1v) is 9.02. The quantitative estimate of drug-likeness (QED) is 0.712. The van der Waals surface area contributed by atoms with Crippen molar-refractivity contribution in [2.24, 2.45) is 0 Å². The first kappa shape index (κ1) is 14.5. The summed E-state index contributed by atoms with van der Waals surface area (Å²) in [6.07, 6.45) is 6.65. The Labute approximate surface area is 139 Å². The van der Waals surface area contributed by atoms with E-state index >= 15 is 0 Å². The maximum absolute atomic E-state index is 12.9. The van der Waals surface area contributed by atoms with E-state index in [0.717, 1.165) is 47.8 Å². The number of rotatable bonds is 2. The maximum Gasteiger partial charge on any atom is 0.271 e. The summed E-state index contributed by atoms with van der Waals surface area (Å²) in [4.78, 5) is 20.4. The molecule has 1 amide bonds. The van der Waals surface area contributed by atoms with Gasteiger partial charge in [-0.25, -0.2) is 4.98 Å². The molecule has 2 aromatic heterocycles. The molecule has 1 aliphatic heterocycles. The fraction of sp³-hybridized carbons (Fsp3) is 0.333. The van der Waals surface area contributed by atoms with E-state index in [4.69, 9.17) is 0 Å². The molecule has 3 aromatic rings. The minimum atomic E-state index is 0.134. The molecule has 1 aliphatic rings. The highest BCUT2D eigenvalue weighted by Crippen LogP contribution is 2.24. The van der Waals surface area contributed by atoms with Gasteiger partial charge in [0.05, 0.1) is 5.69 Å². The van der Waals surface area contributed by atoms with Crippen molar-refractivity contribution in [3.05, 3.63) is 47.6 Å². The van der Waals surface area contributed by atoms with Gasteiger partial charge in [-0.05, 0) is 12.8 Å². The standard InChI is InChI=1S/C18H19N3OS/c22-17(20-10-6-1-2-7-11-20)16-13-23-18-19-15(12-21(16)18)14-8-4-3-5-9-14/h3-5,8-9,12-13H,1-2,6-7,10-11H2. The normalized spacial score (nSPS) is 15.7. The number of thiazole rings is 1. The van der Waals surface area contributed by atoms with E-state index < -0.39 is 0 Å². The third-order valence-electron chi connectivity index (χ3n) is 4.39. The molecule has 0 N–H and O–H groups in total. The number of benzene rings is 1. The monoisotopic (exact) mass is 325 g/mol. The summed E-state index contributed by atoms with van der Waals surface area (Å²) in [5.74, 6) is 0.134. The molecule has 1 saturated heterocycles. The van der Waals surface area contributed by atoms with Gasteiger partial charge in [-0.15, -0.1) is 11.3 Å². The minimum Gasteiger partial charge on any atom is -0.337 e. The Morgan fingerprint density at radius 2 is 1.78 bits per heavy atom. The van der Waals surface area contributed by atoms with Gasteiger partial charge >= 0.3 is 0 Å². The molecule has 23 heavy (non-hydrogen) atoms. The van der Waals surface area contributed by atoms with Gasteiger partial charge in [0.15, 0.2) is 4.96 Å². The third kappa shape index (κ3) is 2.77. The van der Waals surface area contributed by atoms with E-state index in [1.165, 1.54) is 24.2 Å². The lowest BCUT2D eigenvalue weighted by atomic mass is 10.2. The number of carbonyl (C=O) groups excluding carboxylic acids is 1. The van der Waals surface area contributed by atoms with Gasteiger partial charge in [0, 0.05) is 30.2 Å². The molecule has 3 heterocycles. The summed E-state index contributed by atoms with van der Waals surface area (Å²) in [6.45, 7) is 1.74. The molecule has 118 valence electrons. The minimum absolute atomic E-state index is 0.134. The van der Waals surface area contributed by atoms with Crippen molar-refractivity contribution in [1.82, 2.24) is 14.3 Å². The van der Waals surface area contributed by atoms with Gasteiger partial charge in [0.1, 0.15) is 5.69 Å². The predicted molar refractivity (Wildman–Crippen MR) is 92.9 cm³/mol. The maximum atomic E-state index is 12.9. The van der Waals surface area contributed by atoms with Crippen molar-refractivity contribution >= 4 is 22.2 Å². The Morgan fingerprint density at radius 1 is 1.04 bits per heavy atom. The fourth-order valence-electron chi connectivity index (χ4n) is 3.12. The number of hydrogen-bond acceptors (Lipinski definition) is 3. The largest absolute Gasteiger partial charge is 0.337 e. The van der Waals surface area contributed by atoms with E-state index in [1.54, 1.807) is 0 Å². The van der Waals surface area contributed by atoms with Gasteiger partial charge in [-0.2, -0.15) is 0 Å². The van der Waals surface area contributed by atoms with E-state index in [-0.39, 0.29) is 5.91 Å². The van der Waals surface area contributed by atoms with Gasteiger partial charge in [-0.3, -0.25) is 9.20 Å². The lowest BCUT2D eigenvalue weighted by Gasteiger charge is -2.19. The molecule has 4 nitrogen and oxygen atoms in total. The van der Waals surface area contributed by atoms with Gasteiger partial charge in [0.25, 0.3) is 5.91 Å². The Kier molecular flexibility index (Phi) is 3.87. The van der Waals surface area contributed by atoms with E-state index in [0.29, 0.717) is 0 Å². The summed E-state index contributed by atoms with van der Waals surface area (Å²) >= 11 is 1.53. The Balaban J connectivity index is 1.67. The second-order valence-corrected chi connectivity index (χ2v) is 6.81. The van der Waals surface area contributed by atoms with Gasteiger partial charge in [-0.1, -0.05) is 43.2 Å². The van der Waals surface area contributed by atoms with Crippen LogP contribution in [0.5, 0.6) is 0 Å². The number of nitrogens with zero attached hydrogens (tertiary/aromatic N) is 3. The van der Waals surface area contributed by atoms with Crippen LogP contribution in [0.1, 0.15) is 36.2 Å². The van der Waals surface area contributed by atoms with Crippen LogP contribution in [0.4, 0.5) is 0 Å². The van der Waals surface area contributed by atoms with Crippen molar-refractivity contribution in [2.75, 3.05) is 13.1 Å². The van der Waals surface area contributed by atoms with Crippen LogP contribution in [-0.2, 0) is 0 Å². The lowest BCUT2D eigenvalue weighted by Crippen LogP contribution is -2.32. The number of likely N-dealkylation sites (tertiary alicyclic amines) is 1. The number of fused-ring (bicyclic) bond motifs is 1. The summed E-state index contributed by atoms with van der Waals surface area (Å²) in [5.41, 5.74) is 2.74. The summed E-state index contributed by atoms with van der Waals surface area (Å²) < 4.78 is 1.94. The average molecular weight is 325 g/mol. The number of aromatic nitrogens is 2. The predicted octanol–water partition coefficient (Wildman–Crippen LogP) is 4.08. The number of amides is 1. The van der Waals surface area contributed by atoms with Gasteiger partial charge in [0.2, 0.25) is 0 Å². The molecular weight excluding hydrogens is 306 g/mol. The molecule has 0 saturated carbocycles. The zero-order chi connectivity index (χ0) is 15.6. The fourth-order valence-corrected chi connectivity index (χ4v) is 3.97. The Hall–Kier alpha value is -2.14. The number of hydrogen-bond donors (Lipinski definition) is 0. The summed E-state index contributed by atoms with van der Waals surface area (Å²) in [5, 5.41) is 1.93. The van der Waals surface area contributed by atoms with Crippen molar-refractivity contribution < 1.29 is 4.79 Å². The van der Waals surface area contributed by atoms with Crippen LogP contribution in [0, 0.1) is 0 Å². The second kappa shape index (κ2) is 6.16. The molecule has 0 bridgehead atoms. The summed E-state index contributed by atoms with van der Waals surface area (Å²) in [7, 11) is 0.